The van der Waals surface area contributed by atoms with E-state index >= 15 is 0 Å². The quantitative estimate of drug-likeness (QED) is 0.725. The number of rotatable bonds is 4. The molecule has 0 N–H and O–H groups in total. The van der Waals surface area contributed by atoms with E-state index in [4.69, 9.17) is 16.3 Å². The molecule has 142 valence electrons. The fourth-order valence-corrected chi connectivity index (χ4v) is 4.31. The Bertz CT molecular complexity index is 850. The number of thioether (sulfide) groups is 1. The molecule has 2 aromatic carbocycles. The van der Waals surface area contributed by atoms with Crippen LogP contribution in [0.15, 0.2) is 41.3 Å². The molecule has 1 fully saturated rings. The van der Waals surface area contributed by atoms with E-state index in [1.807, 2.05) is 29.4 Å². The highest BCUT2D eigenvalue weighted by molar-refractivity contribution is 7.98. The lowest BCUT2D eigenvalue weighted by Gasteiger charge is -2.35. The van der Waals surface area contributed by atoms with Crippen LogP contribution < -0.4 is 4.74 Å². The Morgan fingerprint density at radius 2 is 1.96 bits per heavy atom. The van der Waals surface area contributed by atoms with Gasteiger partial charge in [-0.15, -0.1) is 11.8 Å². The van der Waals surface area contributed by atoms with Gasteiger partial charge in [-0.3, -0.25) is 9.69 Å². The third kappa shape index (κ3) is 4.10. The standard InChI is InChI=1S/C21H23ClN2O2S/c1-27-17-3-4-19(22)18(13-17)21(25)24-9-7-23(8-10-24)14-15-2-5-20-16(12-15)6-11-26-20/h2-5,12-13H,6-11,14H2,1H3. The van der Waals surface area contributed by atoms with Crippen LogP contribution in [0.3, 0.4) is 0 Å². The Morgan fingerprint density at radius 3 is 2.74 bits per heavy atom. The number of piperazine rings is 1. The second-order valence-corrected chi connectivity index (χ2v) is 8.24. The molecule has 0 saturated carbocycles. The molecule has 0 atom stereocenters. The highest BCUT2D eigenvalue weighted by Crippen LogP contribution is 2.27. The number of hydrogen-bond acceptors (Lipinski definition) is 4. The van der Waals surface area contributed by atoms with E-state index in [2.05, 4.69) is 23.1 Å². The molecule has 0 spiro atoms. The number of halogens is 1. The summed E-state index contributed by atoms with van der Waals surface area (Å²) in [5, 5.41) is 0.528. The van der Waals surface area contributed by atoms with Crippen LogP contribution in [-0.2, 0) is 13.0 Å². The SMILES string of the molecule is CSc1ccc(Cl)c(C(=O)N2CCN(Cc3ccc4c(c3)CCO4)CC2)c1. The molecule has 0 aromatic heterocycles. The predicted molar refractivity (Wildman–Crippen MR) is 110 cm³/mol. The van der Waals surface area contributed by atoms with Gasteiger partial charge in [0.15, 0.2) is 0 Å². The first-order valence-corrected chi connectivity index (χ1v) is 10.8. The van der Waals surface area contributed by atoms with Crippen molar-refractivity contribution < 1.29 is 9.53 Å². The number of fused-ring (bicyclic) bond motifs is 1. The number of carbonyl (C=O) groups excluding carboxylic acids is 1. The van der Waals surface area contributed by atoms with Crippen LogP contribution >= 0.6 is 23.4 Å². The monoisotopic (exact) mass is 402 g/mol. The zero-order chi connectivity index (χ0) is 18.8. The van der Waals surface area contributed by atoms with Crippen molar-refractivity contribution in [1.29, 1.82) is 0 Å². The molecule has 0 aliphatic carbocycles. The van der Waals surface area contributed by atoms with Gasteiger partial charge in [-0.2, -0.15) is 0 Å². The molecule has 2 aliphatic rings. The molecule has 1 amide bonds. The lowest BCUT2D eigenvalue weighted by molar-refractivity contribution is 0.0628. The minimum atomic E-state index is 0.0326. The van der Waals surface area contributed by atoms with Gasteiger partial charge in [0.2, 0.25) is 0 Å². The van der Waals surface area contributed by atoms with Crippen LogP contribution in [0.5, 0.6) is 5.75 Å². The zero-order valence-corrected chi connectivity index (χ0v) is 17.0. The topological polar surface area (TPSA) is 32.8 Å². The van der Waals surface area contributed by atoms with E-state index in [1.165, 1.54) is 11.1 Å². The van der Waals surface area contributed by atoms with E-state index in [0.29, 0.717) is 10.6 Å². The minimum Gasteiger partial charge on any atom is -0.493 e. The first-order valence-electron chi connectivity index (χ1n) is 9.24. The highest BCUT2D eigenvalue weighted by Gasteiger charge is 2.24. The van der Waals surface area contributed by atoms with Gasteiger partial charge in [0.25, 0.3) is 5.91 Å². The van der Waals surface area contributed by atoms with Crippen LogP contribution in [0, 0.1) is 0 Å². The predicted octanol–water partition coefficient (Wildman–Crippen LogP) is 3.95. The molecule has 2 aromatic rings. The van der Waals surface area contributed by atoms with Crippen LogP contribution in [0.1, 0.15) is 21.5 Å². The van der Waals surface area contributed by atoms with Crippen molar-refractivity contribution in [2.75, 3.05) is 39.0 Å². The third-order valence-electron chi connectivity index (χ3n) is 5.22. The number of carbonyl (C=O) groups is 1. The van der Waals surface area contributed by atoms with Crippen molar-refractivity contribution in [2.24, 2.45) is 0 Å². The maximum atomic E-state index is 12.9. The fourth-order valence-electron chi connectivity index (χ4n) is 3.67. The lowest BCUT2D eigenvalue weighted by Crippen LogP contribution is -2.48. The van der Waals surface area contributed by atoms with Crippen LogP contribution in [0.4, 0.5) is 0 Å². The van der Waals surface area contributed by atoms with Crippen molar-refractivity contribution >= 4 is 29.3 Å². The van der Waals surface area contributed by atoms with E-state index in [9.17, 15) is 4.79 Å². The average Bonchev–Trinajstić information content (AvgIpc) is 3.16. The Hall–Kier alpha value is -1.69. The van der Waals surface area contributed by atoms with E-state index in [0.717, 1.165) is 56.4 Å². The smallest absolute Gasteiger partial charge is 0.255 e. The largest absolute Gasteiger partial charge is 0.493 e. The van der Waals surface area contributed by atoms with Crippen LogP contribution in [-0.4, -0.2) is 54.7 Å². The maximum Gasteiger partial charge on any atom is 0.255 e. The van der Waals surface area contributed by atoms with Crippen molar-refractivity contribution in [1.82, 2.24) is 9.80 Å². The lowest BCUT2D eigenvalue weighted by atomic mass is 10.1. The number of nitrogens with zero attached hydrogens (tertiary/aromatic N) is 2. The van der Waals surface area contributed by atoms with Gasteiger partial charge in [-0.05, 0) is 41.6 Å². The molecule has 27 heavy (non-hydrogen) atoms. The molecule has 1 saturated heterocycles. The Balaban J connectivity index is 1.37. The molecule has 0 unspecified atom stereocenters. The van der Waals surface area contributed by atoms with Gasteiger partial charge in [-0.1, -0.05) is 23.7 Å². The summed E-state index contributed by atoms with van der Waals surface area (Å²) in [6.45, 7) is 4.91. The number of ether oxygens (including phenoxy) is 1. The Kier molecular flexibility index (Phi) is 5.62. The third-order valence-corrected chi connectivity index (χ3v) is 6.28. The Morgan fingerprint density at radius 1 is 1.15 bits per heavy atom. The zero-order valence-electron chi connectivity index (χ0n) is 15.4. The molecular weight excluding hydrogens is 380 g/mol. The summed E-state index contributed by atoms with van der Waals surface area (Å²) in [4.78, 5) is 18.3. The van der Waals surface area contributed by atoms with Gasteiger partial charge < -0.3 is 9.64 Å². The van der Waals surface area contributed by atoms with Gasteiger partial charge in [-0.25, -0.2) is 0 Å². The molecule has 2 aliphatic heterocycles. The normalized spacial score (nSPS) is 16.9. The van der Waals surface area contributed by atoms with Crippen LogP contribution in [0.25, 0.3) is 0 Å². The highest BCUT2D eigenvalue weighted by atomic mass is 35.5. The molecule has 0 bridgehead atoms. The summed E-state index contributed by atoms with van der Waals surface area (Å²) in [6, 6.07) is 12.1. The first kappa shape index (κ1) is 18.7. The summed E-state index contributed by atoms with van der Waals surface area (Å²) in [7, 11) is 0. The second-order valence-electron chi connectivity index (χ2n) is 6.95. The summed E-state index contributed by atoms with van der Waals surface area (Å²) >= 11 is 7.89. The van der Waals surface area contributed by atoms with Crippen molar-refractivity contribution in [3.05, 3.63) is 58.1 Å². The van der Waals surface area contributed by atoms with Gasteiger partial charge >= 0.3 is 0 Å². The van der Waals surface area contributed by atoms with Gasteiger partial charge in [0, 0.05) is 44.0 Å². The number of hydrogen-bond donors (Lipinski definition) is 0. The number of benzene rings is 2. The van der Waals surface area contributed by atoms with Gasteiger partial charge in [0.1, 0.15) is 5.75 Å². The molecule has 4 rings (SSSR count). The second kappa shape index (κ2) is 8.13. The molecule has 4 nitrogen and oxygen atoms in total. The van der Waals surface area contributed by atoms with E-state index in [-0.39, 0.29) is 5.91 Å². The molecular formula is C21H23ClN2O2S. The van der Waals surface area contributed by atoms with Crippen molar-refractivity contribution in [2.45, 2.75) is 17.9 Å². The van der Waals surface area contributed by atoms with Crippen molar-refractivity contribution in [3.63, 3.8) is 0 Å². The first-order chi connectivity index (χ1) is 13.1. The van der Waals surface area contributed by atoms with Crippen molar-refractivity contribution in [3.8, 4) is 5.75 Å². The average molecular weight is 403 g/mol. The molecule has 0 radical (unpaired) electrons. The molecule has 6 heteroatoms. The summed E-state index contributed by atoms with van der Waals surface area (Å²) in [5.41, 5.74) is 3.23. The molecule has 2 heterocycles. The van der Waals surface area contributed by atoms with Crippen LogP contribution in [0.2, 0.25) is 5.02 Å². The fraction of sp³-hybridized carbons (Fsp3) is 0.381. The minimum absolute atomic E-state index is 0.0326. The summed E-state index contributed by atoms with van der Waals surface area (Å²) in [5.74, 6) is 1.06. The summed E-state index contributed by atoms with van der Waals surface area (Å²) in [6.07, 6.45) is 3.00. The van der Waals surface area contributed by atoms with E-state index in [1.54, 1.807) is 11.8 Å². The van der Waals surface area contributed by atoms with E-state index < -0.39 is 0 Å². The maximum absolute atomic E-state index is 12.9. The Labute approximate surface area is 169 Å². The number of amides is 1. The van der Waals surface area contributed by atoms with Gasteiger partial charge in [0.05, 0.1) is 17.2 Å². The summed E-state index contributed by atoms with van der Waals surface area (Å²) < 4.78 is 5.58.